The third kappa shape index (κ3) is 4.02. The van der Waals surface area contributed by atoms with Crippen molar-refractivity contribution in [1.29, 1.82) is 0 Å². The van der Waals surface area contributed by atoms with Crippen molar-refractivity contribution in [2.45, 2.75) is 6.54 Å². The van der Waals surface area contributed by atoms with Gasteiger partial charge in [-0.05, 0) is 59.7 Å². The summed E-state index contributed by atoms with van der Waals surface area (Å²) in [6, 6.07) is 11.1. The maximum Gasteiger partial charge on any atom is 0.262 e. The second-order valence-corrected chi connectivity index (χ2v) is 7.19. The lowest BCUT2D eigenvalue weighted by molar-refractivity contribution is -0.114. The number of benzene rings is 2. The van der Waals surface area contributed by atoms with Gasteiger partial charge in [0.1, 0.15) is 0 Å². The third-order valence-electron chi connectivity index (χ3n) is 5.10. The Hall–Kier alpha value is -4.20. The largest absolute Gasteiger partial charge is 0.348 e. The maximum absolute atomic E-state index is 13.5. The van der Waals surface area contributed by atoms with Crippen LogP contribution in [0.15, 0.2) is 66.5 Å². The van der Waals surface area contributed by atoms with Crippen LogP contribution in [0, 0.1) is 11.6 Å². The van der Waals surface area contributed by atoms with E-state index in [1.807, 2.05) is 0 Å². The molecule has 0 atom stereocenters. The number of carbonyl (C=O) groups is 3. The Labute approximate surface area is 182 Å². The number of carbonyl (C=O) groups excluding carboxylic acids is 3. The van der Waals surface area contributed by atoms with Gasteiger partial charge in [0, 0.05) is 37.1 Å². The van der Waals surface area contributed by atoms with Crippen LogP contribution in [0.3, 0.4) is 0 Å². The number of hydrogen-bond acceptors (Lipinski definition) is 4. The first kappa shape index (κ1) is 21.0. The Morgan fingerprint density at radius 3 is 2.50 bits per heavy atom. The van der Waals surface area contributed by atoms with E-state index in [2.05, 4.69) is 10.3 Å². The van der Waals surface area contributed by atoms with Gasteiger partial charge >= 0.3 is 0 Å². The van der Waals surface area contributed by atoms with Gasteiger partial charge in [0.15, 0.2) is 11.6 Å². The van der Waals surface area contributed by atoms with Crippen LogP contribution in [0.5, 0.6) is 0 Å². The predicted molar refractivity (Wildman–Crippen MR) is 114 cm³/mol. The van der Waals surface area contributed by atoms with Crippen LogP contribution >= 0.6 is 0 Å². The van der Waals surface area contributed by atoms with Crippen LogP contribution in [0.2, 0.25) is 0 Å². The zero-order valence-corrected chi connectivity index (χ0v) is 16.9. The summed E-state index contributed by atoms with van der Waals surface area (Å²) in [5, 5.41) is 2.77. The van der Waals surface area contributed by atoms with Crippen LogP contribution in [0.25, 0.3) is 6.08 Å². The predicted octanol–water partition coefficient (Wildman–Crippen LogP) is 3.53. The number of hydrogen-bond donors (Lipinski definition) is 1. The van der Waals surface area contributed by atoms with E-state index in [4.69, 9.17) is 0 Å². The van der Waals surface area contributed by atoms with Crippen LogP contribution in [0.4, 0.5) is 14.5 Å². The van der Waals surface area contributed by atoms with E-state index < -0.39 is 23.3 Å². The molecule has 0 aliphatic carbocycles. The molecule has 160 valence electrons. The van der Waals surface area contributed by atoms with Crippen molar-refractivity contribution in [1.82, 2.24) is 10.3 Å². The highest BCUT2D eigenvalue weighted by Gasteiger charge is 2.33. The molecule has 0 spiro atoms. The number of pyridine rings is 1. The monoisotopic (exact) mass is 433 g/mol. The number of fused-ring (bicyclic) bond motifs is 1. The highest BCUT2D eigenvalue weighted by molar-refractivity contribution is 6.36. The molecule has 0 unspecified atom stereocenters. The number of halogens is 2. The number of amides is 2. The molecule has 32 heavy (non-hydrogen) atoms. The van der Waals surface area contributed by atoms with E-state index >= 15 is 0 Å². The molecule has 1 N–H and O–H groups in total. The van der Waals surface area contributed by atoms with Gasteiger partial charge in [0.05, 0.1) is 11.3 Å². The fourth-order valence-electron chi connectivity index (χ4n) is 3.37. The highest BCUT2D eigenvalue weighted by atomic mass is 19.2. The topological polar surface area (TPSA) is 79.4 Å². The highest BCUT2D eigenvalue weighted by Crippen LogP contribution is 2.31. The SMILES string of the molecule is CN1C(=O)/C(=C\c2ccc(F)c(F)c2)C(=O)c2cc(C(=O)NCc3ccncc3)ccc21. The van der Waals surface area contributed by atoms with Gasteiger partial charge in [-0.25, -0.2) is 8.78 Å². The summed E-state index contributed by atoms with van der Waals surface area (Å²) < 4.78 is 26.8. The molecule has 4 rings (SSSR count). The Balaban J connectivity index is 1.64. The van der Waals surface area contributed by atoms with Crippen LogP contribution in [0.1, 0.15) is 31.8 Å². The van der Waals surface area contributed by atoms with Gasteiger partial charge in [-0.15, -0.1) is 0 Å². The number of likely N-dealkylation sites (N-methyl/N-ethyl adjacent to an activating group) is 1. The van der Waals surface area contributed by atoms with E-state index in [9.17, 15) is 23.2 Å². The number of ketones is 1. The number of aromatic nitrogens is 1. The van der Waals surface area contributed by atoms with Crippen molar-refractivity contribution in [2.75, 3.05) is 11.9 Å². The second-order valence-electron chi connectivity index (χ2n) is 7.19. The quantitative estimate of drug-likeness (QED) is 0.504. The minimum absolute atomic E-state index is 0.164. The van der Waals surface area contributed by atoms with Gasteiger partial charge < -0.3 is 10.2 Å². The Kier molecular flexibility index (Phi) is 5.59. The molecule has 0 saturated carbocycles. The maximum atomic E-state index is 13.5. The first-order valence-corrected chi connectivity index (χ1v) is 9.66. The Morgan fingerprint density at radius 2 is 1.78 bits per heavy atom. The van der Waals surface area contributed by atoms with Crippen molar-refractivity contribution in [3.8, 4) is 0 Å². The average molecular weight is 433 g/mol. The summed E-state index contributed by atoms with van der Waals surface area (Å²) in [5.74, 6) is -3.68. The number of anilines is 1. The smallest absolute Gasteiger partial charge is 0.262 e. The van der Waals surface area contributed by atoms with Crippen molar-refractivity contribution in [3.05, 3.63) is 100 Å². The number of rotatable bonds is 4. The molecule has 6 nitrogen and oxygen atoms in total. The molecule has 2 aromatic carbocycles. The Bertz CT molecular complexity index is 1270. The van der Waals surface area contributed by atoms with E-state index in [0.717, 1.165) is 17.7 Å². The molecule has 1 aliphatic heterocycles. The van der Waals surface area contributed by atoms with Gasteiger partial charge in [0.2, 0.25) is 5.78 Å². The lowest BCUT2D eigenvalue weighted by Gasteiger charge is -2.27. The first-order chi connectivity index (χ1) is 15.3. The normalized spacial score (nSPS) is 14.5. The fraction of sp³-hybridized carbons (Fsp3) is 0.0833. The number of nitrogens with one attached hydrogen (secondary N) is 1. The van der Waals surface area contributed by atoms with E-state index in [1.165, 1.54) is 42.3 Å². The van der Waals surface area contributed by atoms with Crippen LogP contribution < -0.4 is 10.2 Å². The molecule has 0 saturated heterocycles. The summed E-state index contributed by atoms with van der Waals surface area (Å²) in [7, 11) is 1.50. The standard InChI is InChI=1S/C24H17F2N3O3/c1-29-21-5-3-16(23(31)28-13-14-6-8-27-9-7-14)12-17(21)22(30)18(24(29)32)10-15-2-4-19(25)20(26)11-15/h2-12H,13H2,1H3,(H,28,31)/b18-10-. The van der Waals surface area contributed by atoms with Crippen LogP contribution in [-0.2, 0) is 11.3 Å². The summed E-state index contributed by atoms with van der Waals surface area (Å²) >= 11 is 0. The van der Waals surface area contributed by atoms with Gasteiger partial charge in [-0.1, -0.05) is 6.07 Å². The molecule has 0 bridgehead atoms. The summed E-state index contributed by atoms with van der Waals surface area (Å²) in [5.41, 5.74) is 1.60. The summed E-state index contributed by atoms with van der Waals surface area (Å²) in [6.07, 6.45) is 4.45. The van der Waals surface area contributed by atoms with Crippen LogP contribution in [-0.4, -0.2) is 29.6 Å². The summed E-state index contributed by atoms with van der Waals surface area (Å²) in [6.45, 7) is 0.284. The Morgan fingerprint density at radius 1 is 1.03 bits per heavy atom. The van der Waals surface area contributed by atoms with Crippen molar-refractivity contribution >= 4 is 29.4 Å². The third-order valence-corrected chi connectivity index (χ3v) is 5.10. The van der Waals surface area contributed by atoms with Crippen molar-refractivity contribution in [2.24, 2.45) is 0 Å². The molecular weight excluding hydrogens is 416 g/mol. The van der Waals surface area contributed by atoms with E-state index in [1.54, 1.807) is 24.5 Å². The molecule has 2 heterocycles. The van der Waals surface area contributed by atoms with Crippen molar-refractivity contribution in [3.63, 3.8) is 0 Å². The molecule has 1 aromatic heterocycles. The van der Waals surface area contributed by atoms with E-state index in [-0.39, 0.29) is 34.7 Å². The van der Waals surface area contributed by atoms with E-state index in [0.29, 0.717) is 5.69 Å². The zero-order valence-electron chi connectivity index (χ0n) is 16.9. The average Bonchev–Trinajstić information content (AvgIpc) is 2.81. The molecule has 1 aliphatic rings. The molecule has 0 fully saturated rings. The molecule has 3 aromatic rings. The lowest BCUT2D eigenvalue weighted by atomic mass is 9.92. The van der Waals surface area contributed by atoms with Gasteiger partial charge in [-0.2, -0.15) is 0 Å². The summed E-state index contributed by atoms with van der Waals surface area (Å²) in [4.78, 5) is 43.6. The number of nitrogens with zero attached hydrogens (tertiary/aromatic N) is 2. The van der Waals surface area contributed by atoms with Gasteiger partial charge in [0.25, 0.3) is 11.8 Å². The van der Waals surface area contributed by atoms with Crippen molar-refractivity contribution < 1.29 is 23.2 Å². The number of Topliss-reactive ketones (excluding diaryl/α,β-unsaturated/α-hetero) is 1. The first-order valence-electron chi connectivity index (χ1n) is 9.66. The molecule has 2 amide bonds. The lowest BCUT2D eigenvalue weighted by Crippen LogP contribution is -2.37. The minimum atomic E-state index is -1.09. The minimum Gasteiger partial charge on any atom is -0.348 e. The second kappa shape index (κ2) is 8.50. The molecular formula is C24H17F2N3O3. The van der Waals surface area contributed by atoms with Gasteiger partial charge in [-0.3, -0.25) is 19.4 Å². The molecule has 0 radical (unpaired) electrons. The molecule has 8 heteroatoms. The zero-order chi connectivity index (χ0) is 22.8. The fourth-order valence-corrected chi connectivity index (χ4v) is 3.37.